The van der Waals surface area contributed by atoms with Gasteiger partial charge in [-0.2, -0.15) is 5.10 Å². The summed E-state index contributed by atoms with van der Waals surface area (Å²) in [6.07, 6.45) is 1.52. The number of carbonyl (C=O) groups is 2. The van der Waals surface area contributed by atoms with E-state index < -0.39 is 0 Å². The maximum Gasteiger partial charge on any atom is 0.271 e. The van der Waals surface area contributed by atoms with Gasteiger partial charge in [0, 0.05) is 18.2 Å². The molecule has 3 rings (SSSR count). The molecule has 2 amide bonds. The number of nitrogens with one attached hydrogen (secondary N) is 2. The van der Waals surface area contributed by atoms with Crippen molar-refractivity contribution in [3.05, 3.63) is 53.6 Å². The zero-order chi connectivity index (χ0) is 17.6. The summed E-state index contributed by atoms with van der Waals surface area (Å²) in [5.74, 6) is 0.780. The number of benzene rings is 2. The maximum atomic E-state index is 12.1. The van der Waals surface area contributed by atoms with Crippen molar-refractivity contribution in [1.29, 1.82) is 0 Å². The van der Waals surface area contributed by atoms with Crippen molar-refractivity contribution in [2.45, 2.75) is 6.92 Å². The predicted molar refractivity (Wildman–Crippen MR) is 93.2 cm³/mol. The highest BCUT2D eigenvalue weighted by atomic mass is 16.6. The third kappa shape index (κ3) is 4.35. The van der Waals surface area contributed by atoms with Crippen LogP contribution < -0.4 is 20.2 Å². The number of carbonyl (C=O) groups excluding carboxylic acids is 2. The van der Waals surface area contributed by atoms with Crippen LogP contribution in [0.4, 0.5) is 5.69 Å². The van der Waals surface area contributed by atoms with Crippen LogP contribution in [0.3, 0.4) is 0 Å². The molecule has 0 saturated carbocycles. The zero-order valence-electron chi connectivity index (χ0n) is 13.6. The number of ether oxygens (including phenoxy) is 2. The van der Waals surface area contributed by atoms with Crippen molar-refractivity contribution in [1.82, 2.24) is 5.43 Å². The lowest BCUT2D eigenvalue weighted by atomic mass is 10.2. The van der Waals surface area contributed by atoms with Gasteiger partial charge in [-0.05, 0) is 42.0 Å². The van der Waals surface area contributed by atoms with Gasteiger partial charge in [0.2, 0.25) is 5.91 Å². The van der Waals surface area contributed by atoms with Crippen molar-refractivity contribution in [3.63, 3.8) is 0 Å². The molecule has 25 heavy (non-hydrogen) atoms. The van der Waals surface area contributed by atoms with Crippen LogP contribution in [0.15, 0.2) is 47.6 Å². The maximum absolute atomic E-state index is 12.1. The van der Waals surface area contributed by atoms with Gasteiger partial charge in [-0.1, -0.05) is 6.07 Å². The lowest BCUT2D eigenvalue weighted by molar-refractivity contribution is -0.114. The van der Waals surface area contributed by atoms with Crippen molar-refractivity contribution < 1.29 is 19.1 Å². The van der Waals surface area contributed by atoms with Gasteiger partial charge in [-0.25, -0.2) is 5.43 Å². The minimum absolute atomic E-state index is 0.200. The molecule has 0 unspecified atom stereocenters. The average molecular weight is 339 g/mol. The third-order valence-electron chi connectivity index (χ3n) is 3.39. The largest absolute Gasteiger partial charge is 0.486 e. The molecule has 0 bridgehead atoms. The van der Waals surface area contributed by atoms with Gasteiger partial charge >= 0.3 is 0 Å². The molecule has 0 spiro atoms. The van der Waals surface area contributed by atoms with Crippen molar-refractivity contribution in [2.24, 2.45) is 5.10 Å². The SMILES string of the molecule is CC(=O)Nc1cccc(C(=O)NN=Cc2ccc3c(c2)OCCO3)c1. The van der Waals surface area contributed by atoms with E-state index in [1.54, 1.807) is 36.4 Å². The Labute approximate surface area is 144 Å². The van der Waals surface area contributed by atoms with Crippen LogP contribution >= 0.6 is 0 Å². The van der Waals surface area contributed by atoms with Gasteiger partial charge in [0.05, 0.1) is 6.21 Å². The molecule has 0 aliphatic carbocycles. The predicted octanol–water partition coefficient (Wildman–Crippen LogP) is 2.18. The van der Waals surface area contributed by atoms with Crippen molar-refractivity contribution in [3.8, 4) is 11.5 Å². The average Bonchev–Trinajstić information content (AvgIpc) is 2.61. The number of anilines is 1. The summed E-state index contributed by atoms with van der Waals surface area (Å²) in [7, 11) is 0. The van der Waals surface area contributed by atoms with E-state index in [0.717, 1.165) is 5.56 Å². The van der Waals surface area contributed by atoms with Crippen LogP contribution in [-0.4, -0.2) is 31.2 Å². The molecule has 0 radical (unpaired) electrons. The van der Waals surface area contributed by atoms with Crippen LogP contribution in [0.25, 0.3) is 0 Å². The van der Waals surface area contributed by atoms with E-state index in [1.165, 1.54) is 13.1 Å². The second kappa shape index (κ2) is 7.48. The Balaban J connectivity index is 1.64. The topological polar surface area (TPSA) is 89.0 Å². The summed E-state index contributed by atoms with van der Waals surface area (Å²) in [6, 6.07) is 12.0. The van der Waals surface area contributed by atoms with E-state index in [1.807, 2.05) is 6.07 Å². The third-order valence-corrected chi connectivity index (χ3v) is 3.39. The Morgan fingerprint density at radius 3 is 2.68 bits per heavy atom. The molecule has 2 N–H and O–H groups in total. The fourth-order valence-corrected chi connectivity index (χ4v) is 2.31. The molecule has 7 nitrogen and oxygen atoms in total. The van der Waals surface area contributed by atoms with Gasteiger partial charge in [-0.15, -0.1) is 0 Å². The second-order valence-corrected chi connectivity index (χ2v) is 5.36. The number of hydrogen-bond donors (Lipinski definition) is 2. The first-order chi connectivity index (χ1) is 12.1. The molecule has 1 heterocycles. The van der Waals surface area contributed by atoms with E-state index in [0.29, 0.717) is 36.0 Å². The van der Waals surface area contributed by atoms with Gasteiger partial charge in [0.15, 0.2) is 11.5 Å². The van der Waals surface area contributed by atoms with Crippen molar-refractivity contribution >= 4 is 23.7 Å². The van der Waals surface area contributed by atoms with Crippen LogP contribution in [0.2, 0.25) is 0 Å². The minimum atomic E-state index is -0.374. The number of nitrogens with zero attached hydrogens (tertiary/aromatic N) is 1. The quantitative estimate of drug-likeness (QED) is 0.660. The van der Waals surface area contributed by atoms with Crippen LogP contribution in [-0.2, 0) is 4.79 Å². The number of hydrazone groups is 1. The van der Waals surface area contributed by atoms with Crippen LogP contribution in [0, 0.1) is 0 Å². The highest BCUT2D eigenvalue weighted by molar-refractivity contribution is 5.97. The molecule has 1 aliphatic rings. The first-order valence-corrected chi connectivity index (χ1v) is 7.72. The summed E-state index contributed by atoms with van der Waals surface area (Å²) < 4.78 is 10.9. The summed E-state index contributed by atoms with van der Waals surface area (Å²) >= 11 is 0. The summed E-state index contributed by atoms with van der Waals surface area (Å²) in [4.78, 5) is 23.2. The van der Waals surface area contributed by atoms with Gasteiger partial charge < -0.3 is 14.8 Å². The van der Waals surface area contributed by atoms with Crippen molar-refractivity contribution in [2.75, 3.05) is 18.5 Å². The lowest BCUT2D eigenvalue weighted by Gasteiger charge is -2.18. The fraction of sp³-hybridized carbons (Fsp3) is 0.167. The number of hydrogen-bond acceptors (Lipinski definition) is 5. The molecule has 0 atom stereocenters. The fourth-order valence-electron chi connectivity index (χ4n) is 2.31. The number of rotatable bonds is 4. The first kappa shape index (κ1) is 16.5. The Morgan fingerprint density at radius 2 is 1.88 bits per heavy atom. The van der Waals surface area contributed by atoms with E-state index in [2.05, 4.69) is 15.8 Å². The van der Waals surface area contributed by atoms with E-state index in [4.69, 9.17) is 9.47 Å². The number of amides is 2. The molecule has 7 heteroatoms. The van der Waals surface area contributed by atoms with Crippen LogP contribution in [0.5, 0.6) is 11.5 Å². The van der Waals surface area contributed by atoms with Crippen LogP contribution in [0.1, 0.15) is 22.8 Å². The summed E-state index contributed by atoms with van der Waals surface area (Å²) in [5, 5.41) is 6.58. The number of fused-ring (bicyclic) bond motifs is 1. The molecule has 2 aromatic carbocycles. The molecular weight excluding hydrogens is 322 g/mol. The van der Waals surface area contributed by atoms with Gasteiger partial charge in [-0.3, -0.25) is 9.59 Å². The highest BCUT2D eigenvalue weighted by Gasteiger charge is 2.11. The minimum Gasteiger partial charge on any atom is -0.486 e. The molecule has 0 saturated heterocycles. The molecular formula is C18H17N3O4. The Kier molecular flexibility index (Phi) is 4.94. The van der Waals surface area contributed by atoms with Gasteiger partial charge in [0.1, 0.15) is 13.2 Å². The Hall–Kier alpha value is -3.35. The second-order valence-electron chi connectivity index (χ2n) is 5.36. The smallest absolute Gasteiger partial charge is 0.271 e. The van der Waals surface area contributed by atoms with Gasteiger partial charge in [0.25, 0.3) is 5.91 Å². The highest BCUT2D eigenvalue weighted by Crippen LogP contribution is 2.30. The molecule has 0 aromatic heterocycles. The molecule has 1 aliphatic heterocycles. The Bertz CT molecular complexity index is 833. The Morgan fingerprint density at radius 1 is 1.08 bits per heavy atom. The molecule has 0 fully saturated rings. The standard InChI is InChI=1S/C18H17N3O4/c1-12(22)20-15-4-2-3-14(10-15)18(23)21-19-11-13-5-6-16-17(9-13)25-8-7-24-16/h2-6,9-11H,7-8H2,1H3,(H,20,22)(H,21,23). The lowest BCUT2D eigenvalue weighted by Crippen LogP contribution is -2.18. The normalized spacial score (nSPS) is 12.7. The molecule has 2 aromatic rings. The van der Waals surface area contributed by atoms with E-state index >= 15 is 0 Å². The first-order valence-electron chi connectivity index (χ1n) is 7.72. The summed E-state index contributed by atoms with van der Waals surface area (Å²) in [5.41, 5.74) is 4.17. The zero-order valence-corrected chi connectivity index (χ0v) is 13.6. The molecule has 128 valence electrons. The monoisotopic (exact) mass is 339 g/mol. The summed E-state index contributed by atoms with van der Waals surface area (Å²) in [6.45, 7) is 2.45. The van der Waals surface area contributed by atoms with E-state index in [9.17, 15) is 9.59 Å². The van der Waals surface area contributed by atoms with E-state index in [-0.39, 0.29) is 11.8 Å².